The minimum Gasteiger partial charge on any atom is -0.494 e. The van der Waals surface area contributed by atoms with Gasteiger partial charge in [0.2, 0.25) is 0 Å². The Morgan fingerprint density at radius 2 is 2.25 bits per heavy atom. The summed E-state index contributed by atoms with van der Waals surface area (Å²) in [5.74, 6) is 0.753. The summed E-state index contributed by atoms with van der Waals surface area (Å²) < 4.78 is 20.3. The number of halogens is 1. The van der Waals surface area contributed by atoms with Gasteiger partial charge in [-0.2, -0.15) is 5.10 Å². The summed E-state index contributed by atoms with van der Waals surface area (Å²) in [6, 6.07) is 4.27. The van der Waals surface area contributed by atoms with Crippen molar-refractivity contribution in [3.05, 3.63) is 34.6 Å². The molecule has 0 aliphatic heterocycles. The normalized spacial score (nSPS) is 10.4. The van der Waals surface area contributed by atoms with Crippen LogP contribution in [0.5, 0.6) is 5.75 Å². The van der Waals surface area contributed by atoms with E-state index < -0.39 is 0 Å². The van der Waals surface area contributed by atoms with E-state index in [0.29, 0.717) is 22.0 Å². The molecule has 84 valence electrons. The lowest BCUT2D eigenvalue weighted by Gasteiger charge is -2.09. The van der Waals surface area contributed by atoms with Crippen molar-refractivity contribution in [2.45, 2.75) is 6.92 Å². The first kappa shape index (κ1) is 10.8. The Morgan fingerprint density at radius 1 is 1.50 bits per heavy atom. The number of methoxy groups -OCH3 is 1. The van der Waals surface area contributed by atoms with Crippen LogP contribution in [0.15, 0.2) is 18.2 Å². The van der Waals surface area contributed by atoms with Crippen LogP contribution in [0.3, 0.4) is 0 Å². The van der Waals surface area contributed by atoms with Crippen molar-refractivity contribution in [3.8, 4) is 11.4 Å². The molecule has 2 rings (SSSR count). The minimum atomic E-state index is -0.353. The van der Waals surface area contributed by atoms with E-state index >= 15 is 0 Å². The molecular weight excluding hydrogens is 229 g/mol. The van der Waals surface area contributed by atoms with Gasteiger partial charge < -0.3 is 4.74 Å². The zero-order chi connectivity index (χ0) is 11.7. The number of benzene rings is 1. The highest BCUT2D eigenvalue weighted by Gasteiger charge is 2.10. The second-order valence-corrected chi connectivity index (χ2v) is 3.61. The number of aryl methyl sites for hydroxylation is 1. The van der Waals surface area contributed by atoms with Gasteiger partial charge in [0.05, 0.1) is 12.8 Å². The molecule has 0 atom stereocenters. The molecular formula is C10H10FN3OS. The van der Waals surface area contributed by atoms with Crippen molar-refractivity contribution in [3.63, 3.8) is 0 Å². The van der Waals surface area contributed by atoms with Gasteiger partial charge in [-0.3, -0.25) is 9.67 Å². The summed E-state index contributed by atoms with van der Waals surface area (Å²) >= 11 is 5.09. The second-order valence-electron chi connectivity index (χ2n) is 3.23. The van der Waals surface area contributed by atoms with E-state index in [4.69, 9.17) is 17.0 Å². The summed E-state index contributed by atoms with van der Waals surface area (Å²) in [5.41, 5.74) is 0.667. The lowest BCUT2D eigenvalue weighted by atomic mass is 10.3. The van der Waals surface area contributed by atoms with Crippen LogP contribution in [-0.4, -0.2) is 21.9 Å². The predicted molar refractivity (Wildman–Crippen MR) is 60.0 cm³/mol. The highest BCUT2D eigenvalue weighted by atomic mass is 32.1. The topological polar surface area (TPSA) is 42.8 Å². The monoisotopic (exact) mass is 239 g/mol. The molecule has 4 nitrogen and oxygen atoms in total. The maximum absolute atomic E-state index is 13.0. The van der Waals surface area contributed by atoms with Crippen molar-refractivity contribution in [2.24, 2.45) is 0 Å². The molecule has 1 aromatic heterocycles. The molecule has 0 saturated heterocycles. The molecule has 0 spiro atoms. The molecule has 0 bridgehead atoms. The van der Waals surface area contributed by atoms with Crippen molar-refractivity contribution >= 4 is 12.2 Å². The van der Waals surface area contributed by atoms with Crippen LogP contribution < -0.4 is 4.74 Å². The first-order valence-corrected chi connectivity index (χ1v) is 5.02. The van der Waals surface area contributed by atoms with Crippen molar-refractivity contribution in [1.82, 2.24) is 14.8 Å². The maximum Gasteiger partial charge on any atom is 0.199 e. The highest BCUT2D eigenvalue weighted by Crippen LogP contribution is 2.24. The van der Waals surface area contributed by atoms with Crippen LogP contribution in [0.1, 0.15) is 5.82 Å². The number of nitrogens with one attached hydrogen (secondary N) is 1. The average molecular weight is 239 g/mol. The third kappa shape index (κ3) is 1.71. The van der Waals surface area contributed by atoms with E-state index in [1.807, 2.05) is 0 Å². The fourth-order valence-electron chi connectivity index (χ4n) is 1.50. The molecule has 0 fully saturated rings. The summed E-state index contributed by atoms with van der Waals surface area (Å²) in [6.07, 6.45) is 0. The zero-order valence-electron chi connectivity index (χ0n) is 8.82. The van der Waals surface area contributed by atoms with Crippen molar-refractivity contribution in [1.29, 1.82) is 0 Å². The standard InChI is InChI=1S/C10H10FN3OS/c1-6-12-13-10(16)14(6)8-4-3-7(11)5-9(8)15-2/h3-5H,1-2H3,(H,13,16). The number of H-pyrrole nitrogens is 1. The number of hydrogen-bond acceptors (Lipinski definition) is 3. The van der Waals surface area contributed by atoms with Gasteiger partial charge in [-0.05, 0) is 31.3 Å². The van der Waals surface area contributed by atoms with E-state index in [9.17, 15) is 4.39 Å². The van der Waals surface area contributed by atoms with E-state index in [0.717, 1.165) is 0 Å². The largest absolute Gasteiger partial charge is 0.494 e. The number of ether oxygens (including phenoxy) is 1. The van der Waals surface area contributed by atoms with Gasteiger partial charge in [0.15, 0.2) is 4.77 Å². The van der Waals surface area contributed by atoms with Crippen LogP contribution in [0, 0.1) is 17.5 Å². The van der Waals surface area contributed by atoms with Gasteiger partial charge in [0.1, 0.15) is 17.4 Å². The summed E-state index contributed by atoms with van der Waals surface area (Å²) in [7, 11) is 1.48. The van der Waals surface area contributed by atoms with Crippen LogP contribution in [0.2, 0.25) is 0 Å². The van der Waals surface area contributed by atoms with Crippen LogP contribution in [0.25, 0.3) is 5.69 Å². The molecule has 0 aliphatic carbocycles. The van der Waals surface area contributed by atoms with Crippen molar-refractivity contribution < 1.29 is 9.13 Å². The molecule has 1 heterocycles. The van der Waals surface area contributed by atoms with Crippen LogP contribution >= 0.6 is 12.2 Å². The average Bonchev–Trinajstić information content (AvgIpc) is 2.59. The Labute approximate surface area is 96.7 Å². The summed E-state index contributed by atoms with van der Waals surface area (Å²) in [4.78, 5) is 0. The molecule has 0 amide bonds. The fraction of sp³-hybridized carbons (Fsp3) is 0.200. The third-order valence-corrected chi connectivity index (χ3v) is 2.50. The third-order valence-electron chi connectivity index (χ3n) is 2.22. The maximum atomic E-state index is 13.0. The first-order valence-electron chi connectivity index (χ1n) is 4.61. The highest BCUT2D eigenvalue weighted by molar-refractivity contribution is 7.71. The number of aromatic nitrogens is 3. The molecule has 6 heteroatoms. The van der Waals surface area contributed by atoms with Gasteiger partial charge in [0.25, 0.3) is 0 Å². The molecule has 2 aromatic rings. The Balaban J connectivity index is 2.69. The number of rotatable bonds is 2. The van der Waals surface area contributed by atoms with E-state index in [2.05, 4.69) is 10.2 Å². The molecule has 1 aromatic carbocycles. The number of aromatic amines is 1. The first-order chi connectivity index (χ1) is 7.63. The lowest BCUT2D eigenvalue weighted by molar-refractivity contribution is 0.409. The minimum absolute atomic E-state index is 0.353. The molecule has 0 unspecified atom stereocenters. The smallest absolute Gasteiger partial charge is 0.199 e. The number of nitrogens with zero attached hydrogens (tertiary/aromatic N) is 2. The van der Waals surface area contributed by atoms with E-state index in [1.54, 1.807) is 17.6 Å². The van der Waals surface area contributed by atoms with Gasteiger partial charge in [-0.1, -0.05) is 0 Å². The molecule has 0 radical (unpaired) electrons. The number of hydrogen-bond donors (Lipinski definition) is 1. The summed E-state index contributed by atoms with van der Waals surface area (Å²) in [5, 5.41) is 6.65. The van der Waals surface area contributed by atoms with Crippen molar-refractivity contribution in [2.75, 3.05) is 7.11 Å². The van der Waals surface area contributed by atoms with E-state index in [1.165, 1.54) is 19.2 Å². The van der Waals surface area contributed by atoms with E-state index in [-0.39, 0.29) is 5.82 Å². The SMILES string of the molecule is COc1cc(F)ccc1-n1c(C)n[nH]c1=S. The molecule has 0 aliphatic rings. The quantitative estimate of drug-likeness (QED) is 0.818. The zero-order valence-corrected chi connectivity index (χ0v) is 9.64. The molecule has 0 saturated carbocycles. The summed E-state index contributed by atoms with van der Waals surface area (Å²) in [6.45, 7) is 1.80. The van der Waals surface area contributed by atoms with Gasteiger partial charge in [-0.15, -0.1) is 0 Å². The molecule has 1 N–H and O–H groups in total. The lowest BCUT2D eigenvalue weighted by Crippen LogP contribution is -2.00. The Morgan fingerprint density at radius 3 is 2.81 bits per heavy atom. The van der Waals surface area contributed by atoms with Gasteiger partial charge in [-0.25, -0.2) is 4.39 Å². The Kier molecular flexibility index (Phi) is 2.74. The Hall–Kier alpha value is -1.69. The predicted octanol–water partition coefficient (Wildman–Crippen LogP) is 2.39. The van der Waals surface area contributed by atoms with Crippen LogP contribution in [0.4, 0.5) is 4.39 Å². The Bertz CT molecular complexity index is 576. The second kappa shape index (κ2) is 4.05. The fourth-order valence-corrected chi connectivity index (χ4v) is 1.77. The van der Waals surface area contributed by atoms with Gasteiger partial charge >= 0.3 is 0 Å². The van der Waals surface area contributed by atoms with Crippen LogP contribution in [-0.2, 0) is 0 Å². The molecule has 16 heavy (non-hydrogen) atoms. The van der Waals surface area contributed by atoms with Gasteiger partial charge in [0, 0.05) is 6.07 Å².